The molecule has 0 unspecified atom stereocenters. The Hall–Kier alpha value is -2.66. The van der Waals surface area contributed by atoms with Gasteiger partial charge in [-0.3, -0.25) is 9.59 Å². The van der Waals surface area contributed by atoms with Gasteiger partial charge in [0.2, 0.25) is 0 Å². The van der Waals surface area contributed by atoms with Crippen molar-refractivity contribution in [1.29, 1.82) is 0 Å². The molecule has 132 valence electrons. The first-order chi connectivity index (χ1) is 12.1. The van der Waals surface area contributed by atoms with Crippen LogP contribution in [0, 0.1) is 0 Å². The molecule has 2 aromatic carbocycles. The lowest BCUT2D eigenvalue weighted by Crippen LogP contribution is -2.25. The van der Waals surface area contributed by atoms with Crippen LogP contribution >= 0.6 is 0 Å². The van der Waals surface area contributed by atoms with E-state index in [2.05, 4.69) is 17.6 Å². The Morgan fingerprint density at radius 1 is 0.920 bits per heavy atom. The molecule has 0 fully saturated rings. The van der Waals surface area contributed by atoms with E-state index in [1.54, 1.807) is 31.4 Å². The van der Waals surface area contributed by atoms with Gasteiger partial charge in [-0.1, -0.05) is 19.1 Å². The number of amides is 2. The number of benzene rings is 2. The predicted octanol–water partition coefficient (Wildman–Crippen LogP) is 3.27. The van der Waals surface area contributed by atoms with Crippen LogP contribution in [0.25, 0.3) is 0 Å². The molecule has 0 spiro atoms. The number of methoxy groups -OCH3 is 1. The van der Waals surface area contributed by atoms with Crippen molar-refractivity contribution in [2.24, 2.45) is 0 Å². The molecule has 2 aromatic rings. The maximum atomic E-state index is 12.3. The first-order valence-electron chi connectivity index (χ1n) is 8.41. The van der Waals surface area contributed by atoms with Crippen molar-refractivity contribution in [3.05, 3.63) is 65.2 Å². The van der Waals surface area contributed by atoms with E-state index >= 15 is 0 Å². The maximum absolute atomic E-state index is 12.3. The van der Waals surface area contributed by atoms with Crippen LogP contribution in [-0.2, 0) is 11.2 Å². The highest BCUT2D eigenvalue weighted by atomic mass is 16.5. The lowest BCUT2D eigenvalue weighted by atomic mass is 10.1. The van der Waals surface area contributed by atoms with Crippen molar-refractivity contribution in [2.45, 2.75) is 19.8 Å². The third-order valence-electron chi connectivity index (χ3n) is 3.84. The van der Waals surface area contributed by atoms with E-state index in [-0.39, 0.29) is 11.8 Å². The van der Waals surface area contributed by atoms with Gasteiger partial charge in [0.05, 0.1) is 0 Å². The van der Waals surface area contributed by atoms with Crippen LogP contribution in [0.15, 0.2) is 48.5 Å². The van der Waals surface area contributed by atoms with Gasteiger partial charge in [0.15, 0.2) is 0 Å². The van der Waals surface area contributed by atoms with Crippen molar-refractivity contribution in [3.63, 3.8) is 0 Å². The molecule has 0 aliphatic heterocycles. The lowest BCUT2D eigenvalue weighted by Gasteiger charge is -2.08. The molecule has 0 aliphatic rings. The average molecular weight is 340 g/mol. The quantitative estimate of drug-likeness (QED) is 0.725. The van der Waals surface area contributed by atoms with Gasteiger partial charge in [-0.25, -0.2) is 0 Å². The molecule has 0 atom stereocenters. The second-order valence-electron chi connectivity index (χ2n) is 5.68. The minimum absolute atomic E-state index is 0.154. The summed E-state index contributed by atoms with van der Waals surface area (Å²) in [6, 6.07) is 14.4. The summed E-state index contributed by atoms with van der Waals surface area (Å²) in [5.74, 6) is -0.352. The minimum Gasteiger partial charge on any atom is -0.385 e. The Balaban J connectivity index is 1.91. The van der Waals surface area contributed by atoms with Crippen LogP contribution in [-0.4, -0.2) is 32.1 Å². The van der Waals surface area contributed by atoms with Gasteiger partial charge >= 0.3 is 0 Å². The number of carbonyl (C=O) groups excluding carboxylic acids is 2. The highest BCUT2D eigenvalue weighted by Gasteiger charge is 2.09. The van der Waals surface area contributed by atoms with Crippen LogP contribution in [0.3, 0.4) is 0 Å². The molecule has 0 aliphatic carbocycles. The normalized spacial score (nSPS) is 10.3. The van der Waals surface area contributed by atoms with E-state index in [9.17, 15) is 9.59 Å². The molecule has 2 N–H and O–H groups in total. The molecule has 2 amide bonds. The number of aryl methyl sites for hydroxylation is 1. The SMILES string of the molecule is CCc1ccc(NC(=O)c2ccc(C(=O)NCCCOC)cc2)cc1. The number of rotatable bonds is 8. The van der Waals surface area contributed by atoms with E-state index in [1.165, 1.54) is 5.56 Å². The maximum Gasteiger partial charge on any atom is 0.255 e. The Morgan fingerprint density at radius 3 is 2.08 bits per heavy atom. The number of anilines is 1. The molecule has 0 bridgehead atoms. The molecule has 0 saturated heterocycles. The van der Waals surface area contributed by atoms with Crippen molar-refractivity contribution in [3.8, 4) is 0 Å². The zero-order valence-corrected chi connectivity index (χ0v) is 14.7. The third-order valence-corrected chi connectivity index (χ3v) is 3.84. The molecule has 2 rings (SSSR count). The summed E-state index contributed by atoms with van der Waals surface area (Å²) in [5.41, 5.74) is 3.01. The van der Waals surface area contributed by atoms with E-state index in [4.69, 9.17) is 4.74 Å². The number of hydrogen-bond donors (Lipinski definition) is 2. The van der Waals surface area contributed by atoms with Crippen molar-refractivity contribution in [1.82, 2.24) is 5.32 Å². The van der Waals surface area contributed by atoms with Gasteiger partial charge in [-0.2, -0.15) is 0 Å². The molecule has 5 nitrogen and oxygen atoms in total. The van der Waals surface area contributed by atoms with Crippen LogP contribution in [0.5, 0.6) is 0 Å². The largest absolute Gasteiger partial charge is 0.385 e. The number of ether oxygens (including phenoxy) is 1. The average Bonchev–Trinajstić information content (AvgIpc) is 2.66. The third kappa shape index (κ3) is 5.72. The van der Waals surface area contributed by atoms with E-state index in [1.807, 2.05) is 24.3 Å². The zero-order valence-electron chi connectivity index (χ0n) is 14.7. The zero-order chi connectivity index (χ0) is 18.1. The van der Waals surface area contributed by atoms with Gasteiger partial charge in [-0.05, 0) is 54.8 Å². The predicted molar refractivity (Wildman–Crippen MR) is 99.0 cm³/mol. The summed E-state index contributed by atoms with van der Waals surface area (Å²) in [6.07, 6.45) is 1.72. The van der Waals surface area contributed by atoms with Gasteiger partial charge < -0.3 is 15.4 Å². The van der Waals surface area contributed by atoms with Crippen LogP contribution < -0.4 is 10.6 Å². The van der Waals surface area contributed by atoms with Crippen LogP contribution in [0.2, 0.25) is 0 Å². The topological polar surface area (TPSA) is 67.4 Å². The summed E-state index contributed by atoms with van der Waals surface area (Å²) in [5, 5.41) is 5.67. The molecule has 25 heavy (non-hydrogen) atoms. The van der Waals surface area contributed by atoms with Crippen LogP contribution in [0.1, 0.15) is 39.6 Å². The summed E-state index contributed by atoms with van der Waals surface area (Å²) in [4.78, 5) is 24.3. The summed E-state index contributed by atoms with van der Waals surface area (Å²) >= 11 is 0. The van der Waals surface area contributed by atoms with Gasteiger partial charge in [-0.15, -0.1) is 0 Å². The molecule has 0 radical (unpaired) electrons. The molecule has 0 heterocycles. The standard InChI is InChI=1S/C20H24N2O3/c1-3-15-5-11-18(12-6-15)22-20(24)17-9-7-16(8-10-17)19(23)21-13-4-14-25-2/h5-12H,3-4,13-14H2,1-2H3,(H,21,23)(H,22,24). The molecule has 5 heteroatoms. The van der Waals surface area contributed by atoms with E-state index < -0.39 is 0 Å². The Morgan fingerprint density at radius 2 is 1.52 bits per heavy atom. The first kappa shape index (κ1) is 18.7. The fourth-order valence-corrected chi connectivity index (χ4v) is 2.32. The highest BCUT2D eigenvalue weighted by Crippen LogP contribution is 2.12. The van der Waals surface area contributed by atoms with Crippen LogP contribution in [0.4, 0.5) is 5.69 Å². The first-order valence-corrected chi connectivity index (χ1v) is 8.41. The monoisotopic (exact) mass is 340 g/mol. The fraction of sp³-hybridized carbons (Fsp3) is 0.300. The summed E-state index contributed by atoms with van der Waals surface area (Å²) in [6.45, 7) is 3.25. The van der Waals surface area contributed by atoms with Gasteiger partial charge in [0.25, 0.3) is 11.8 Å². The van der Waals surface area contributed by atoms with E-state index in [0.29, 0.717) is 24.3 Å². The molecular weight excluding hydrogens is 316 g/mol. The van der Waals surface area contributed by atoms with Crippen molar-refractivity contribution in [2.75, 3.05) is 25.6 Å². The van der Waals surface area contributed by atoms with Crippen molar-refractivity contribution < 1.29 is 14.3 Å². The van der Waals surface area contributed by atoms with Gasteiger partial charge in [0, 0.05) is 37.1 Å². The second kappa shape index (κ2) is 9.59. The van der Waals surface area contributed by atoms with Crippen molar-refractivity contribution >= 4 is 17.5 Å². The number of hydrogen-bond acceptors (Lipinski definition) is 3. The second-order valence-corrected chi connectivity index (χ2v) is 5.68. The summed E-state index contributed by atoms with van der Waals surface area (Å²) < 4.78 is 4.94. The fourth-order valence-electron chi connectivity index (χ4n) is 2.32. The molecule has 0 saturated carbocycles. The molecular formula is C20H24N2O3. The smallest absolute Gasteiger partial charge is 0.255 e. The van der Waals surface area contributed by atoms with E-state index in [0.717, 1.165) is 18.5 Å². The molecule has 0 aromatic heterocycles. The minimum atomic E-state index is -0.198. The Bertz CT molecular complexity index is 694. The Kier molecular flexibility index (Phi) is 7.16. The lowest BCUT2D eigenvalue weighted by molar-refractivity contribution is 0.0947. The summed E-state index contributed by atoms with van der Waals surface area (Å²) in [7, 11) is 1.63. The highest BCUT2D eigenvalue weighted by molar-refractivity contribution is 6.05. The Labute approximate surface area is 148 Å². The number of carbonyl (C=O) groups is 2. The van der Waals surface area contributed by atoms with Gasteiger partial charge in [0.1, 0.15) is 0 Å². The number of nitrogens with one attached hydrogen (secondary N) is 2.